The van der Waals surface area contributed by atoms with Crippen LogP contribution >= 0.6 is 0 Å². The van der Waals surface area contributed by atoms with Crippen molar-refractivity contribution < 1.29 is 18.0 Å². The van der Waals surface area contributed by atoms with Gasteiger partial charge in [-0.15, -0.1) is 0 Å². The number of carbonyl (C=O) groups is 1. The molecule has 5 N–H and O–H groups in total. The van der Waals surface area contributed by atoms with Gasteiger partial charge in [0.2, 0.25) is 0 Å². The first kappa shape index (κ1) is 22.8. The zero-order valence-corrected chi connectivity index (χ0v) is 18.7. The highest BCUT2D eigenvalue weighted by Crippen LogP contribution is 2.36. The highest BCUT2D eigenvalue weighted by molar-refractivity contribution is 5.95. The number of hydrazine groups is 1. The number of amides is 1. The average Bonchev–Trinajstić information content (AvgIpc) is 3.45. The Hall–Kier alpha value is -3.02. The molecule has 0 bridgehead atoms. The lowest BCUT2D eigenvalue weighted by Gasteiger charge is -2.35. The largest absolute Gasteiger partial charge is 0.416 e. The van der Waals surface area contributed by atoms with Crippen molar-refractivity contribution in [3.05, 3.63) is 70.8 Å². The molecule has 0 aromatic heterocycles. The highest BCUT2D eigenvalue weighted by Gasteiger charge is 2.39. The van der Waals surface area contributed by atoms with Crippen molar-refractivity contribution >= 4 is 5.91 Å². The van der Waals surface area contributed by atoms with Gasteiger partial charge in [0.1, 0.15) is 17.7 Å². The van der Waals surface area contributed by atoms with Gasteiger partial charge in [-0.3, -0.25) is 20.0 Å². The van der Waals surface area contributed by atoms with E-state index < -0.39 is 17.8 Å². The average molecular weight is 476 g/mol. The number of benzene rings is 1. The molecule has 1 saturated heterocycles. The monoisotopic (exact) mass is 475 g/mol. The van der Waals surface area contributed by atoms with Crippen molar-refractivity contribution in [2.45, 2.75) is 44.3 Å². The molecule has 1 aromatic carbocycles. The number of hydrogen-bond acceptors (Lipinski definition) is 7. The zero-order valence-electron chi connectivity index (χ0n) is 18.7. The Balaban J connectivity index is 1.34. The second-order valence-electron chi connectivity index (χ2n) is 8.79. The maximum Gasteiger partial charge on any atom is 0.416 e. The minimum atomic E-state index is -4.47. The van der Waals surface area contributed by atoms with Crippen LogP contribution in [0.4, 0.5) is 13.2 Å². The van der Waals surface area contributed by atoms with E-state index in [9.17, 15) is 18.0 Å². The molecular weight excluding hydrogens is 447 g/mol. The first-order chi connectivity index (χ1) is 16.3. The van der Waals surface area contributed by atoms with Crippen molar-refractivity contribution in [2.75, 3.05) is 19.8 Å². The SMILES string of the molecule is CC1=C(C(=O)NC2=CC(N3CCCC3)NCN2)N2NC(c3ccccc3C(F)(F)F)C=CC2N1. The van der Waals surface area contributed by atoms with E-state index >= 15 is 0 Å². The smallest absolute Gasteiger partial charge is 0.363 e. The van der Waals surface area contributed by atoms with Crippen molar-refractivity contribution in [1.29, 1.82) is 0 Å². The van der Waals surface area contributed by atoms with Crippen LogP contribution in [-0.4, -0.2) is 47.9 Å². The van der Waals surface area contributed by atoms with Crippen molar-refractivity contribution in [1.82, 2.24) is 36.6 Å². The summed E-state index contributed by atoms with van der Waals surface area (Å²) in [5, 5.41) is 14.2. The second-order valence-corrected chi connectivity index (χ2v) is 8.79. The van der Waals surface area contributed by atoms with Crippen LogP contribution in [0.1, 0.15) is 36.9 Å². The second kappa shape index (κ2) is 8.97. The first-order valence-corrected chi connectivity index (χ1v) is 11.4. The van der Waals surface area contributed by atoms with Gasteiger partial charge >= 0.3 is 6.18 Å². The van der Waals surface area contributed by atoms with Gasteiger partial charge in [-0.1, -0.05) is 24.3 Å². The Bertz CT molecular complexity index is 1050. The molecule has 0 spiro atoms. The van der Waals surface area contributed by atoms with Gasteiger partial charge in [0.15, 0.2) is 0 Å². The number of rotatable bonds is 4. The Kier molecular flexibility index (Phi) is 6.00. The minimum Gasteiger partial charge on any atom is -0.363 e. The fourth-order valence-corrected chi connectivity index (χ4v) is 4.89. The molecule has 0 radical (unpaired) electrons. The quantitative estimate of drug-likeness (QED) is 0.425. The lowest BCUT2D eigenvalue weighted by Crippen LogP contribution is -2.54. The molecule has 0 aliphatic carbocycles. The number of carbonyl (C=O) groups excluding carboxylic acids is 1. The summed E-state index contributed by atoms with van der Waals surface area (Å²) in [6.07, 6.45) is 2.92. The molecule has 1 fully saturated rings. The van der Waals surface area contributed by atoms with Crippen LogP contribution in [0.2, 0.25) is 0 Å². The maximum atomic E-state index is 13.6. The van der Waals surface area contributed by atoms with Gasteiger partial charge < -0.3 is 16.0 Å². The van der Waals surface area contributed by atoms with E-state index in [0.29, 0.717) is 23.9 Å². The maximum absolute atomic E-state index is 13.6. The minimum absolute atomic E-state index is 0.0443. The fourth-order valence-electron chi connectivity index (χ4n) is 4.89. The van der Waals surface area contributed by atoms with E-state index in [2.05, 4.69) is 31.6 Å². The van der Waals surface area contributed by atoms with Gasteiger partial charge in [0.25, 0.3) is 5.91 Å². The third kappa shape index (κ3) is 4.38. The van der Waals surface area contributed by atoms with E-state index in [0.717, 1.165) is 32.0 Å². The third-order valence-corrected chi connectivity index (χ3v) is 6.52. The van der Waals surface area contributed by atoms with Gasteiger partial charge in [-0.2, -0.15) is 13.2 Å². The van der Waals surface area contributed by atoms with E-state index in [1.165, 1.54) is 12.1 Å². The zero-order chi connectivity index (χ0) is 23.9. The molecule has 3 atom stereocenters. The van der Waals surface area contributed by atoms with Crippen molar-refractivity contribution in [3.8, 4) is 0 Å². The van der Waals surface area contributed by atoms with Gasteiger partial charge in [-0.25, -0.2) is 5.43 Å². The Morgan fingerprint density at radius 3 is 2.65 bits per heavy atom. The van der Waals surface area contributed by atoms with Crippen LogP contribution in [0.3, 0.4) is 0 Å². The molecule has 1 aromatic rings. The van der Waals surface area contributed by atoms with Gasteiger partial charge in [0, 0.05) is 5.70 Å². The lowest BCUT2D eigenvalue weighted by molar-refractivity contribution is -0.138. The third-order valence-electron chi connectivity index (χ3n) is 6.52. The summed E-state index contributed by atoms with van der Waals surface area (Å²) in [6.45, 7) is 4.32. The van der Waals surface area contributed by atoms with Crippen LogP contribution in [-0.2, 0) is 11.0 Å². The molecule has 4 aliphatic heterocycles. The number of nitrogens with one attached hydrogen (secondary N) is 5. The molecular formula is C23H28F3N7O. The first-order valence-electron chi connectivity index (χ1n) is 11.4. The van der Waals surface area contributed by atoms with Crippen molar-refractivity contribution in [2.24, 2.45) is 0 Å². The molecule has 182 valence electrons. The Labute approximate surface area is 195 Å². The van der Waals surface area contributed by atoms with Gasteiger partial charge in [0.05, 0.1) is 24.4 Å². The normalized spacial score (nSPS) is 27.2. The molecule has 11 heteroatoms. The predicted octanol–water partition coefficient (Wildman–Crippen LogP) is 1.81. The molecule has 34 heavy (non-hydrogen) atoms. The van der Waals surface area contributed by atoms with Crippen LogP contribution in [0.5, 0.6) is 0 Å². The number of allylic oxidation sites excluding steroid dienone is 1. The van der Waals surface area contributed by atoms with E-state index in [4.69, 9.17) is 0 Å². The fraction of sp³-hybridized carbons (Fsp3) is 0.435. The molecule has 0 saturated carbocycles. The number of fused-ring (bicyclic) bond motifs is 1. The predicted molar refractivity (Wildman–Crippen MR) is 120 cm³/mol. The highest BCUT2D eigenvalue weighted by atomic mass is 19.4. The summed E-state index contributed by atoms with van der Waals surface area (Å²) in [4.78, 5) is 15.6. The van der Waals surface area contributed by atoms with Crippen LogP contribution < -0.4 is 26.7 Å². The van der Waals surface area contributed by atoms with E-state index in [1.807, 2.05) is 6.08 Å². The van der Waals surface area contributed by atoms with E-state index in [-0.39, 0.29) is 23.8 Å². The number of nitrogens with zero attached hydrogens (tertiary/aromatic N) is 2. The molecule has 8 nitrogen and oxygen atoms in total. The number of halogens is 3. The van der Waals surface area contributed by atoms with Crippen LogP contribution in [0.25, 0.3) is 0 Å². The molecule has 1 amide bonds. The van der Waals surface area contributed by atoms with E-state index in [1.54, 1.807) is 30.2 Å². The summed E-state index contributed by atoms with van der Waals surface area (Å²) >= 11 is 0. The van der Waals surface area contributed by atoms with Crippen LogP contribution in [0.15, 0.2) is 59.7 Å². The summed E-state index contributed by atoms with van der Waals surface area (Å²) in [6, 6.07) is 4.74. The molecule has 4 heterocycles. The lowest BCUT2D eigenvalue weighted by atomic mass is 9.99. The molecule has 5 rings (SSSR count). The molecule has 4 aliphatic rings. The summed E-state index contributed by atoms with van der Waals surface area (Å²) in [7, 11) is 0. The Morgan fingerprint density at radius 2 is 1.88 bits per heavy atom. The number of likely N-dealkylation sites (tertiary alicyclic amines) is 1. The molecule has 3 unspecified atom stereocenters. The van der Waals surface area contributed by atoms with Crippen LogP contribution in [0, 0.1) is 0 Å². The number of alkyl halides is 3. The Morgan fingerprint density at radius 1 is 1.12 bits per heavy atom. The summed E-state index contributed by atoms with van der Waals surface area (Å²) < 4.78 is 40.7. The summed E-state index contributed by atoms with van der Waals surface area (Å²) in [5.41, 5.74) is 3.47. The topological polar surface area (TPSA) is 83.7 Å². The standard InChI is InChI=1S/C23H28F3N7O/c1-14-21(22(34)30-18-12-20(28-13-27-18)32-10-4-5-11-32)33-19(29-14)9-8-17(31-33)15-6-2-3-7-16(15)23(24,25)26/h2-3,6-9,12,17,19-20,27-29,31H,4-5,10-11,13H2,1H3,(H,30,34). The van der Waals surface area contributed by atoms with Gasteiger partial charge in [-0.05, 0) is 56.6 Å². The van der Waals surface area contributed by atoms with Crippen molar-refractivity contribution in [3.63, 3.8) is 0 Å². The number of hydrogen-bond donors (Lipinski definition) is 5. The summed E-state index contributed by atoms with van der Waals surface area (Å²) in [5.74, 6) is 0.259.